The number of nitrogens with zero attached hydrogens (tertiary/aromatic N) is 3. The average molecular weight is 387 g/mol. The Morgan fingerprint density at radius 1 is 1.19 bits per heavy atom. The van der Waals surface area contributed by atoms with Gasteiger partial charge in [0.25, 0.3) is 0 Å². The van der Waals surface area contributed by atoms with E-state index in [1.807, 2.05) is 49.4 Å². The Kier molecular flexibility index (Phi) is 5.71. The molecule has 132 valence electrons. The molecule has 0 bridgehead atoms. The molecule has 1 amide bonds. The maximum absolute atomic E-state index is 11.9. The number of hydrogen-bond acceptors (Lipinski definition) is 3. The van der Waals surface area contributed by atoms with E-state index in [1.54, 1.807) is 16.8 Å². The van der Waals surface area contributed by atoms with Gasteiger partial charge in [0.05, 0.1) is 29.6 Å². The molecule has 7 heteroatoms. The second-order valence-electron chi connectivity index (χ2n) is 5.64. The highest BCUT2D eigenvalue weighted by atomic mass is 35.5. The molecule has 26 heavy (non-hydrogen) atoms. The van der Waals surface area contributed by atoms with Crippen molar-refractivity contribution in [1.29, 1.82) is 0 Å². The molecule has 0 saturated carbocycles. The van der Waals surface area contributed by atoms with Gasteiger partial charge in [-0.25, -0.2) is 10.1 Å². The van der Waals surface area contributed by atoms with Crippen molar-refractivity contribution in [2.75, 3.05) is 0 Å². The Morgan fingerprint density at radius 3 is 2.69 bits per heavy atom. The number of hydrazone groups is 1. The van der Waals surface area contributed by atoms with Crippen molar-refractivity contribution >= 4 is 35.3 Å². The van der Waals surface area contributed by atoms with Gasteiger partial charge in [-0.2, -0.15) is 10.2 Å². The van der Waals surface area contributed by atoms with Crippen molar-refractivity contribution in [2.45, 2.75) is 13.3 Å². The lowest BCUT2D eigenvalue weighted by atomic mass is 10.1. The minimum Gasteiger partial charge on any atom is -0.273 e. The zero-order valence-electron chi connectivity index (χ0n) is 14.0. The lowest BCUT2D eigenvalue weighted by molar-refractivity contribution is -0.120. The fourth-order valence-corrected chi connectivity index (χ4v) is 2.93. The van der Waals surface area contributed by atoms with Gasteiger partial charge in [-0.05, 0) is 30.7 Å². The van der Waals surface area contributed by atoms with Crippen LogP contribution in [-0.4, -0.2) is 21.9 Å². The number of aromatic nitrogens is 2. The quantitative estimate of drug-likeness (QED) is 0.528. The molecule has 5 nitrogen and oxygen atoms in total. The molecule has 0 spiro atoms. The van der Waals surface area contributed by atoms with Crippen LogP contribution in [0.3, 0.4) is 0 Å². The van der Waals surface area contributed by atoms with Gasteiger partial charge in [0.1, 0.15) is 5.15 Å². The molecule has 2 aromatic carbocycles. The third-order valence-electron chi connectivity index (χ3n) is 3.69. The van der Waals surface area contributed by atoms with Crippen LogP contribution < -0.4 is 5.43 Å². The zero-order chi connectivity index (χ0) is 18.5. The van der Waals surface area contributed by atoms with Crippen LogP contribution in [0, 0.1) is 6.92 Å². The predicted molar refractivity (Wildman–Crippen MR) is 104 cm³/mol. The number of rotatable bonds is 5. The number of amides is 1. The van der Waals surface area contributed by atoms with Crippen molar-refractivity contribution in [1.82, 2.24) is 15.2 Å². The summed E-state index contributed by atoms with van der Waals surface area (Å²) in [5, 5.41) is 9.39. The van der Waals surface area contributed by atoms with Crippen LogP contribution in [0.2, 0.25) is 10.2 Å². The number of aryl methyl sites for hydroxylation is 1. The van der Waals surface area contributed by atoms with Crippen LogP contribution in [0.4, 0.5) is 0 Å². The van der Waals surface area contributed by atoms with Gasteiger partial charge in [0.15, 0.2) is 0 Å². The maximum Gasteiger partial charge on any atom is 0.244 e. The van der Waals surface area contributed by atoms with Crippen molar-refractivity contribution in [3.8, 4) is 5.69 Å². The van der Waals surface area contributed by atoms with E-state index in [4.69, 9.17) is 23.2 Å². The highest BCUT2D eigenvalue weighted by Gasteiger charge is 2.13. The first-order valence-electron chi connectivity index (χ1n) is 7.91. The van der Waals surface area contributed by atoms with Crippen LogP contribution in [0.15, 0.2) is 59.7 Å². The van der Waals surface area contributed by atoms with Crippen molar-refractivity contribution in [2.24, 2.45) is 5.10 Å². The zero-order valence-corrected chi connectivity index (χ0v) is 15.5. The van der Waals surface area contributed by atoms with Gasteiger partial charge in [-0.3, -0.25) is 4.79 Å². The lowest BCUT2D eigenvalue weighted by Crippen LogP contribution is -2.19. The smallest absolute Gasteiger partial charge is 0.244 e. The molecule has 0 fully saturated rings. The topological polar surface area (TPSA) is 59.3 Å². The summed E-state index contributed by atoms with van der Waals surface area (Å²) in [4.78, 5) is 11.9. The van der Waals surface area contributed by atoms with Crippen molar-refractivity contribution in [3.05, 3.63) is 81.6 Å². The summed E-state index contributed by atoms with van der Waals surface area (Å²) in [6.07, 6.45) is 1.75. The van der Waals surface area contributed by atoms with Crippen molar-refractivity contribution in [3.63, 3.8) is 0 Å². The first kappa shape index (κ1) is 18.2. The van der Waals surface area contributed by atoms with E-state index in [9.17, 15) is 4.79 Å². The van der Waals surface area contributed by atoms with Crippen molar-refractivity contribution < 1.29 is 4.79 Å². The minimum absolute atomic E-state index is 0.205. The van der Waals surface area contributed by atoms with Gasteiger partial charge in [-0.15, -0.1) is 0 Å². The van der Waals surface area contributed by atoms with Gasteiger partial charge in [-0.1, -0.05) is 59.6 Å². The average Bonchev–Trinajstić information content (AvgIpc) is 2.91. The molecule has 0 aliphatic carbocycles. The highest BCUT2D eigenvalue weighted by Crippen LogP contribution is 2.23. The van der Waals surface area contributed by atoms with Crippen LogP contribution >= 0.6 is 23.2 Å². The molecule has 0 radical (unpaired) electrons. The van der Waals surface area contributed by atoms with E-state index in [0.29, 0.717) is 21.4 Å². The summed E-state index contributed by atoms with van der Waals surface area (Å²) in [5.41, 5.74) is 5.50. The number of nitrogens with one attached hydrogen (secondary N) is 1. The molecule has 1 N–H and O–H groups in total. The first-order valence-corrected chi connectivity index (χ1v) is 8.67. The van der Waals surface area contributed by atoms with E-state index >= 15 is 0 Å². The van der Waals surface area contributed by atoms with E-state index in [-0.39, 0.29) is 12.3 Å². The fraction of sp³-hybridized carbons (Fsp3) is 0.105. The molecule has 1 heterocycles. The fourth-order valence-electron chi connectivity index (χ4n) is 2.43. The van der Waals surface area contributed by atoms with Gasteiger partial charge in [0, 0.05) is 5.02 Å². The Labute approximate surface area is 161 Å². The Morgan fingerprint density at radius 2 is 1.96 bits per heavy atom. The summed E-state index contributed by atoms with van der Waals surface area (Å²) in [5.74, 6) is -0.205. The van der Waals surface area contributed by atoms with E-state index in [0.717, 1.165) is 11.3 Å². The third kappa shape index (κ3) is 4.31. The van der Waals surface area contributed by atoms with Crippen LogP contribution in [-0.2, 0) is 11.2 Å². The number of benzene rings is 2. The molecule has 3 aromatic rings. The Hall–Kier alpha value is -2.63. The van der Waals surface area contributed by atoms with Crippen LogP contribution in [0.1, 0.15) is 16.8 Å². The summed E-state index contributed by atoms with van der Waals surface area (Å²) in [7, 11) is 0. The summed E-state index contributed by atoms with van der Waals surface area (Å²) < 4.78 is 1.58. The van der Waals surface area contributed by atoms with Gasteiger partial charge < -0.3 is 0 Å². The Bertz CT molecular complexity index is 951. The normalized spacial score (nSPS) is 11.0. The van der Waals surface area contributed by atoms with E-state index in [2.05, 4.69) is 15.6 Å². The van der Waals surface area contributed by atoms with Crippen LogP contribution in [0.5, 0.6) is 0 Å². The Balaban J connectivity index is 1.72. The largest absolute Gasteiger partial charge is 0.273 e. The summed E-state index contributed by atoms with van der Waals surface area (Å²) in [6, 6.07) is 16.7. The molecule has 1 aromatic heterocycles. The first-order chi connectivity index (χ1) is 12.5. The lowest BCUT2D eigenvalue weighted by Gasteiger charge is -2.03. The highest BCUT2D eigenvalue weighted by molar-refractivity contribution is 6.32. The van der Waals surface area contributed by atoms with Gasteiger partial charge in [0.2, 0.25) is 5.91 Å². The second kappa shape index (κ2) is 8.17. The van der Waals surface area contributed by atoms with E-state index < -0.39 is 0 Å². The second-order valence-corrected chi connectivity index (χ2v) is 6.43. The molecular weight excluding hydrogens is 371 g/mol. The molecule has 0 saturated heterocycles. The number of carbonyl (C=O) groups is 1. The van der Waals surface area contributed by atoms with Gasteiger partial charge >= 0.3 is 0 Å². The number of hydrogen-bond donors (Lipinski definition) is 1. The number of halogens is 2. The molecular formula is C19H16Cl2N4O. The summed E-state index contributed by atoms with van der Waals surface area (Å²) >= 11 is 12.4. The molecule has 0 aliphatic rings. The minimum atomic E-state index is -0.205. The standard InChI is InChI=1S/C19H16Cl2N4O/c1-13-17(12-22-23-18(26)10-14-6-3-2-4-7-14)19(21)25(24-13)16-9-5-8-15(20)11-16/h2-9,11-12H,10H2,1H3,(H,23,26). The monoisotopic (exact) mass is 386 g/mol. The summed E-state index contributed by atoms with van der Waals surface area (Å²) in [6.45, 7) is 1.82. The predicted octanol–water partition coefficient (Wildman–Crippen LogP) is 4.18. The molecule has 0 aliphatic heterocycles. The van der Waals surface area contributed by atoms with Crippen LogP contribution in [0.25, 0.3) is 5.69 Å². The number of carbonyl (C=O) groups excluding carboxylic acids is 1. The maximum atomic E-state index is 11.9. The SMILES string of the molecule is Cc1nn(-c2cccc(Cl)c2)c(Cl)c1C=NNC(=O)Cc1ccccc1. The third-order valence-corrected chi connectivity index (χ3v) is 4.29. The molecule has 3 rings (SSSR count). The van der Waals surface area contributed by atoms with E-state index in [1.165, 1.54) is 6.21 Å². The molecule has 0 atom stereocenters. The molecule has 0 unspecified atom stereocenters.